The van der Waals surface area contributed by atoms with Gasteiger partial charge in [0, 0.05) is 26.7 Å². The van der Waals surface area contributed by atoms with Gasteiger partial charge in [-0.05, 0) is 12.0 Å². The van der Waals surface area contributed by atoms with Gasteiger partial charge in [0.25, 0.3) is 0 Å². The molecule has 0 bridgehead atoms. The molecule has 0 aliphatic heterocycles. The van der Waals surface area contributed by atoms with E-state index in [9.17, 15) is 4.79 Å². The third-order valence-electron chi connectivity index (χ3n) is 2.53. The van der Waals surface area contributed by atoms with Crippen LogP contribution in [0.2, 0.25) is 0 Å². The van der Waals surface area contributed by atoms with Crippen molar-refractivity contribution < 1.29 is 9.53 Å². The Kier molecular flexibility index (Phi) is 6.29. The summed E-state index contributed by atoms with van der Waals surface area (Å²) in [6.45, 7) is 1.01. The molecule has 1 aromatic rings. The minimum Gasteiger partial charge on any atom is -0.385 e. The summed E-state index contributed by atoms with van der Waals surface area (Å²) in [7, 11) is 1.63. The summed E-state index contributed by atoms with van der Waals surface area (Å²) in [5.41, 5.74) is 6.71. The van der Waals surface area contributed by atoms with Crippen molar-refractivity contribution in [2.24, 2.45) is 5.73 Å². The number of nitrogens with one attached hydrogen (secondary N) is 1. The Morgan fingerprint density at radius 1 is 1.41 bits per heavy atom. The molecule has 1 aromatic carbocycles. The summed E-state index contributed by atoms with van der Waals surface area (Å²) in [5, 5.41) is 2.92. The third-order valence-corrected chi connectivity index (χ3v) is 2.53. The number of methoxy groups -OCH3 is 1. The predicted molar refractivity (Wildman–Crippen MR) is 67.5 cm³/mol. The van der Waals surface area contributed by atoms with E-state index >= 15 is 0 Å². The second kappa shape index (κ2) is 7.81. The molecule has 0 aromatic heterocycles. The Balaban J connectivity index is 2.44. The summed E-state index contributed by atoms with van der Waals surface area (Å²) >= 11 is 0. The molecule has 0 fully saturated rings. The SMILES string of the molecule is COCCCC(=O)NC(CN)c1ccccc1. The zero-order chi connectivity index (χ0) is 12.5. The molecule has 0 aliphatic carbocycles. The van der Waals surface area contributed by atoms with Crippen molar-refractivity contribution in [3.8, 4) is 0 Å². The number of benzene rings is 1. The number of carbonyl (C=O) groups is 1. The second-order valence-electron chi connectivity index (χ2n) is 3.86. The van der Waals surface area contributed by atoms with Crippen molar-refractivity contribution in [3.63, 3.8) is 0 Å². The highest BCUT2D eigenvalue weighted by Gasteiger charge is 2.11. The molecule has 0 heterocycles. The zero-order valence-electron chi connectivity index (χ0n) is 10.2. The largest absolute Gasteiger partial charge is 0.385 e. The monoisotopic (exact) mass is 236 g/mol. The molecule has 1 atom stereocenters. The van der Waals surface area contributed by atoms with E-state index in [1.807, 2.05) is 30.3 Å². The van der Waals surface area contributed by atoms with Gasteiger partial charge in [-0.1, -0.05) is 30.3 Å². The van der Waals surface area contributed by atoms with E-state index in [0.717, 1.165) is 12.0 Å². The van der Waals surface area contributed by atoms with Crippen LogP contribution < -0.4 is 11.1 Å². The number of hydrogen-bond donors (Lipinski definition) is 2. The molecule has 0 aliphatic rings. The number of ether oxygens (including phenoxy) is 1. The minimum atomic E-state index is -0.105. The van der Waals surface area contributed by atoms with Crippen LogP contribution in [0.4, 0.5) is 0 Å². The lowest BCUT2D eigenvalue weighted by molar-refractivity contribution is -0.122. The molecule has 0 spiro atoms. The van der Waals surface area contributed by atoms with E-state index in [2.05, 4.69) is 5.32 Å². The Hall–Kier alpha value is -1.39. The summed E-state index contributed by atoms with van der Waals surface area (Å²) in [6, 6.07) is 9.65. The first kappa shape index (κ1) is 13.7. The van der Waals surface area contributed by atoms with Crippen LogP contribution in [-0.2, 0) is 9.53 Å². The Morgan fingerprint density at radius 2 is 2.12 bits per heavy atom. The van der Waals surface area contributed by atoms with Gasteiger partial charge in [0.2, 0.25) is 5.91 Å². The number of hydrogen-bond acceptors (Lipinski definition) is 3. The number of rotatable bonds is 7. The van der Waals surface area contributed by atoms with Gasteiger partial charge < -0.3 is 15.8 Å². The molecule has 17 heavy (non-hydrogen) atoms. The molecule has 4 heteroatoms. The van der Waals surface area contributed by atoms with E-state index in [1.165, 1.54) is 0 Å². The second-order valence-corrected chi connectivity index (χ2v) is 3.86. The lowest BCUT2D eigenvalue weighted by Crippen LogP contribution is -2.33. The van der Waals surface area contributed by atoms with Crippen LogP contribution in [0.3, 0.4) is 0 Å². The summed E-state index contributed by atoms with van der Waals surface area (Å²) in [6.07, 6.45) is 1.20. The van der Waals surface area contributed by atoms with Gasteiger partial charge in [0.15, 0.2) is 0 Å². The Labute approximate surface area is 102 Å². The summed E-state index contributed by atoms with van der Waals surface area (Å²) in [4.78, 5) is 11.6. The van der Waals surface area contributed by atoms with Gasteiger partial charge >= 0.3 is 0 Å². The molecular weight excluding hydrogens is 216 g/mol. The average Bonchev–Trinajstić information content (AvgIpc) is 2.37. The van der Waals surface area contributed by atoms with Crippen molar-refractivity contribution in [1.29, 1.82) is 0 Å². The molecule has 0 saturated heterocycles. The average molecular weight is 236 g/mol. The lowest BCUT2D eigenvalue weighted by Gasteiger charge is -2.17. The molecule has 4 nitrogen and oxygen atoms in total. The molecule has 1 unspecified atom stereocenters. The van der Waals surface area contributed by atoms with E-state index in [4.69, 9.17) is 10.5 Å². The maximum atomic E-state index is 11.6. The van der Waals surface area contributed by atoms with Crippen molar-refractivity contribution in [2.45, 2.75) is 18.9 Å². The van der Waals surface area contributed by atoms with Gasteiger partial charge in [-0.2, -0.15) is 0 Å². The van der Waals surface area contributed by atoms with E-state index in [-0.39, 0.29) is 11.9 Å². The fourth-order valence-electron chi connectivity index (χ4n) is 1.61. The van der Waals surface area contributed by atoms with E-state index in [0.29, 0.717) is 19.6 Å². The fourth-order valence-corrected chi connectivity index (χ4v) is 1.61. The van der Waals surface area contributed by atoms with E-state index in [1.54, 1.807) is 7.11 Å². The predicted octanol–water partition coefficient (Wildman–Crippen LogP) is 1.23. The van der Waals surface area contributed by atoms with Gasteiger partial charge in [0.05, 0.1) is 6.04 Å². The van der Waals surface area contributed by atoms with Crippen LogP contribution >= 0.6 is 0 Å². The quantitative estimate of drug-likeness (QED) is 0.700. The highest BCUT2D eigenvalue weighted by Crippen LogP contribution is 2.11. The van der Waals surface area contributed by atoms with Gasteiger partial charge in [0.1, 0.15) is 0 Å². The van der Waals surface area contributed by atoms with Gasteiger partial charge in [-0.15, -0.1) is 0 Å². The van der Waals surface area contributed by atoms with Crippen LogP contribution in [0.25, 0.3) is 0 Å². The van der Waals surface area contributed by atoms with Crippen molar-refractivity contribution in [1.82, 2.24) is 5.32 Å². The first-order valence-corrected chi connectivity index (χ1v) is 5.81. The highest BCUT2D eigenvalue weighted by molar-refractivity contribution is 5.76. The number of carbonyl (C=O) groups excluding carboxylic acids is 1. The minimum absolute atomic E-state index is 0.0151. The van der Waals surface area contributed by atoms with Crippen LogP contribution in [0.15, 0.2) is 30.3 Å². The molecule has 1 amide bonds. The molecule has 3 N–H and O–H groups in total. The molecule has 0 saturated carbocycles. The van der Waals surface area contributed by atoms with Crippen LogP contribution in [0, 0.1) is 0 Å². The summed E-state index contributed by atoms with van der Waals surface area (Å²) < 4.78 is 4.90. The van der Waals surface area contributed by atoms with Crippen LogP contribution in [0.5, 0.6) is 0 Å². The van der Waals surface area contributed by atoms with Crippen LogP contribution in [-0.4, -0.2) is 26.2 Å². The number of nitrogens with two attached hydrogens (primary N) is 1. The maximum Gasteiger partial charge on any atom is 0.220 e. The Bertz CT molecular complexity index is 327. The lowest BCUT2D eigenvalue weighted by atomic mass is 10.1. The first-order valence-electron chi connectivity index (χ1n) is 5.81. The standard InChI is InChI=1S/C13H20N2O2/c1-17-9-5-8-13(16)15-12(10-14)11-6-3-2-4-7-11/h2-4,6-7,12H,5,8-10,14H2,1H3,(H,15,16). The Morgan fingerprint density at radius 3 is 2.71 bits per heavy atom. The number of amides is 1. The van der Waals surface area contributed by atoms with E-state index < -0.39 is 0 Å². The van der Waals surface area contributed by atoms with Gasteiger partial charge in [-0.25, -0.2) is 0 Å². The zero-order valence-corrected chi connectivity index (χ0v) is 10.2. The maximum absolute atomic E-state index is 11.6. The molecule has 1 rings (SSSR count). The summed E-state index contributed by atoms with van der Waals surface area (Å²) in [5.74, 6) is 0.0151. The van der Waals surface area contributed by atoms with Gasteiger partial charge in [-0.3, -0.25) is 4.79 Å². The normalized spacial score (nSPS) is 12.1. The third kappa shape index (κ3) is 4.97. The molecule has 94 valence electrons. The van der Waals surface area contributed by atoms with Crippen molar-refractivity contribution >= 4 is 5.91 Å². The topological polar surface area (TPSA) is 64.3 Å². The van der Waals surface area contributed by atoms with Crippen molar-refractivity contribution in [2.75, 3.05) is 20.3 Å². The molecule has 0 radical (unpaired) electrons. The highest BCUT2D eigenvalue weighted by atomic mass is 16.5. The molecular formula is C13H20N2O2. The fraction of sp³-hybridized carbons (Fsp3) is 0.462. The smallest absolute Gasteiger partial charge is 0.220 e. The first-order chi connectivity index (χ1) is 8.27. The van der Waals surface area contributed by atoms with Crippen LogP contribution in [0.1, 0.15) is 24.4 Å². The van der Waals surface area contributed by atoms with Crippen molar-refractivity contribution in [3.05, 3.63) is 35.9 Å².